The van der Waals surface area contributed by atoms with Gasteiger partial charge >= 0.3 is 0 Å². The van der Waals surface area contributed by atoms with E-state index in [1.807, 2.05) is 12.1 Å². The van der Waals surface area contributed by atoms with Gasteiger partial charge in [-0.15, -0.1) is 0 Å². The summed E-state index contributed by atoms with van der Waals surface area (Å²) >= 11 is 12.3. The van der Waals surface area contributed by atoms with Crippen LogP contribution in [0.2, 0.25) is 10.0 Å². The molecule has 0 radical (unpaired) electrons. The summed E-state index contributed by atoms with van der Waals surface area (Å²) in [5.41, 5.74) is 6.41. The van der Waals surface area contributed by atoms with Gasteiger partial charge in [0.05, 0.1) is 7.11 Å². The van der Waals surface area contributed by atoms with Crippen LogP contribution in [0.3, 0.4) is 0 Å². The molecule has 1 aromatic carbocycles. The van der Waals surface area contributed by atoms with Crippen LogP contribution in [-0.4, -0.2) is 12.1 Å². The molecule has 0 atom stereocenters. The van der Waals surface area contributed by atoms with E-state index in [9.17, 15) is 10.5 Å². The molecule has 21 heavy (non-hydrogen) atoms. The van der Waals surface area contributed by atoms with Gasteiger partial charge in [0, 0.05) is 21.2 Å². The van der Waals surface area contributed by atoms with Gasteiger partial charge < -0.3 is 10.5 Å². The van der Waals surface area contributed by atoms with Crippen molar-refractivity contribution in [2.24, 2.45) is 0 Å². The van der Waals surface area contributed by atoms with Crippen LogP contribution in [0.1, 0.15) is 11.1 Å². The van der Waals surface area contributed by atoms with Crippen molar-refractivity contribution >= 4 is 29.0 Å². The van der Waals surface area contributed by atoms with Crippen molar-refractivity contribution in [2.45, 2.75) is 0 Å². The van der Waals surface area contributed by atoms with E-state index < -0.39 is 0 Å². The van der Waals surface area contributed by atoms with Crippen molar-refractivity contribution in [3.63, 3.8) is 0 Å². The Morgan fingerprint density at radius 3 is 2.14 bits per heavy atom. The van der Waals surface area contributed by atoms with Gasteiger partial charge in [0.2, 0.25) is 5.88 Å². The molecule has 104 valence electrons. The Kier molecular flexibility index (Phi) is 4.18. The monoisotopic (exact) mass is 318 g/mol. The summed E-state index contributed by atoms with van der Waals surface area (Å²) in [6.07, 6.45) is 0. The summed E-state index contributed by atoms with van der Waals surface area (Å²) in [4.78, 5) is 3.90. The second-order valence-corrected chi connectivity index (χ2v) is 4.77. The van der Waals surface area contributed by atoms with Crippen LogP contribution in [0.25, 0.3) is 11.1 Å². The highest BCUT2D eigenvalue weighted by molar-refractivity contribution is 6.39. The number of methoxy groups -OCH3 is 1. The molecule has 1 aromatic heterocycles. The van der Waals surface area contributed by atoms with Crippen LogP contribution in [0.4, 0.5) is 5.82 Å². The van der Waals surface area contributed by atoms with Crippen molar-refractivity contribution in [3.05, 3.63) is 39.4 Å². The van der Waals surface area contributed by atoms with Gasteiger partial charge in [-0.05, 0) is 12.1 Å². The van der Waals surface area contributed by atoms with E-state index in [0.717, 1.165) is 0 Å². The Hall–Kier alpha value is -2.47. The number of aromatic nitrogens is 1. The normalized spacial score (nSPS) is 9.76. The molecule has 0 amide bonds. The molecule has 0 bridgehead atoms. The number of nitrogens with zero attached hydrogens (tertiary/aromatic N) is 3. The maximum atomic E-state index is 9.38. The number of pyridine rings is 1. The Balaban J connectivity index is 3.01. The lowest BCUT2D eigenvalue weighted by molar-refractivity contribution is 0.397. The fraction of sp³-hybridized carbons (Fsp3) is 0.0714. The summed E-state index contributed by atoms with van der Waals surface area (Å²) in [5, 5.41) is 19.3. The van der Waals surface area contributed by atoms with Crippen LogP contribution < -0.4 is 10.5 Å². The average molecular weight is 319 g/mol. The number of rotatable bonds is 2. The summed E-state index contributed by atoms with van der Waals surface area (Å²) in [5.74, 6) is -0.0423. The fourth-order valence-electron chi connectivity index (χ4n) is 1.93. The molecule has 2 aromatic rings. The molecule has 2 rings (SSSR count). The number of halogens is 2. The minimum Gasteiger partial charge on any atom is -0.480 e. The molecule has 7 heteroatoms. The summed E-state index contributed by atoms with van der Waals surface area (Å²) in [6, 6.07) is 8.76. The molecule has 0 aliphatic heterocycles. The quantitative estimate of drug-likeness (QED) is 0.915. The van der Waals surface area contributed by atoms with Crippen LogP contribution in [0, 0.1) is 22.7 Å². The Bertz CT molecular complexity index is 786. The highest BCUT2D eigenvalue weighted by Gasteiger charge is 2.23. The molecule has 0 unspecified atom stereocenters. The number of hydrogen-bond donors (Lipinski definition) is 1. The maximum absolute atomic E-state index is 9.38. The zero-order valence-corrected chi connectivity index (χ0v) is 12.3. The molecular formula is C14H8Cl2N4O. The third kappa shape index (κ3) is 2.45. The summed E-state index contributed by atoms with van der Waals surface area (Å²) in [6.45, 7) is 0. The minimum atomic E-state index is -0.0562. The molecule has 1 heterocycles. The zero-order chi connectivity index (χ0) is 15.6. The fourth-order valence-corrected chi connectivity index (χ4v) is 2.52. The summed E-state index contributed by atoms with van der Waals surface area (Å²) < 4.78 is 5.05. The van der Waals surface area contributed by atoms with Crippen LogP contribution in [-0.2, 0) is 0 Å². The second-order valence-electron chi connectivity index (χ2n) is 3.95. The number of nitrogens with two attached hydrogens (primary N) is 1. The first-order valence-corrected chi connectivity index (χ1v) is 6.42. The lowest BCUT2D eigenvalue weighted by atomic mass is 9.96. The number of ether oxygens (including phenoxy) is 1. The highest BCUT2D eigenvalue weighted by atomic mass is 35.5. The largest absolute Gasteiger partial charge is 0.480 e. The summed E-state index contributed by atoms with van der Waals surface area (Å²) in [7, 11) is 1.35. The van der Waals surface area contributed by atoms with E-state index in [1.54, 1.807) is 18.2 Å². The molecule has 0 saturated carbocycles. The second kappa shape index (κ2) is 5.88. The topological polar surface area (TPSA) is 95.7 Å². The van der Waals surface area contributed by atoms with Gasteiger partial charge in [-0.1, -0.05) is 29.3 Å². The molecule has 0 aliphatic carbocycles. The SMILES string of the molecule is COc1nc(N)c(C#N)c(-c2c(Cl)cccc2Cl)c1C#N. The Morgan fingerprint density at radius 1 is 1.10 bits per heavy atom. The molecule has 2 N–H and O–H groups in total. The predicted octanol–water partition coefficient (Wildman–Crippen LogP) is 3.39. The van der Waals surface area contributed by atoms with Crippen molar-refractivity contribution in [2.75, 3.05) is 12.8 Å². The van der Waals surface area contributed by atoms with Gasteiger partial charge in [-0.2, -0.15) is 15.5 Å². The van der Waals surface area contributed by atoms with E-state index in [4.69, 9.17) is 33.7 Å². The number of hydrogen-bond acceptors (Lipinski definition) is 5. The smallest absolute Gasteiger partial charge is 0.234 e. The predicted molar refractivity (Wildman–Crippen MR) is 80.1 cm³/mol. The van der Waals surface area contributed by atoms with E-state index in [1.165, 1.54) is 7.11 Å². The number of benzene rings is 1. The molecular weight excluding hydrogens is 311 g/mol. The van der Waals surface area contributed by atoms with Gasteiger partial charge in [0.1, 0.15) is 29.1 Å². The van der Waals surface area contributed by atoms with Gasteiger partial charge in [0.25, 0.3) is 0 Å². The third-order valence-electron chi connectivity index (χ3n) is 2.82. The minimum absolute atomic E-state index is 0.0139. The van der Waals surface area contributed by atoms with Gasteiger partial charge in [0.15, 0.2) is 0 Å². The first kappa shape index (κ1) is 14.9. The van der Waals surface area contributed by atoms with Crippen molar-refractivity contribution < 1.29 is 4.74 Å². The average Bonchev–Trinajstić information content (AvgIpc) is 2.46. The first-order chi connectivity index (χ1) is 10.0. The Morgan fingerprint density at radius 2 is 1.67 bits per heavy atom. The molecule has 0 aliphatic rings. The van der Waals surface area contributed by atoms with E-state index >= 15 is 0 Å². The van der Waals surface area contributed by atoms with E-state index in [-0.39, 0.29) is 28.4 Å². The van der Waals surface area contributed by atoms with Crippen LogP contribution in [0.15, 0.2) is 18.2 Å². The van der Waals surface area contributed by atoms with Crippen molar-refractivity contribution in [3.8, 4) is 29.1 Å². The third-order valence-corrected chi connectivity index (χ3v) is 3.45. The van der Waals surface area contributed by atoms with E-state index in [0.29, 0.717) is 15.6 Å². The highest BCUT2D eigenvalue weighted by Crippen LogP contribution is 2.41. The molecule has 5 nitrogen and oxygen atoms in total. The van der Waals surface area contributed by atoms with Crippen LogP contribution >= 0.6 is 23.2 Å². The first-order valence-electron chi connectivity index (χ1n) is 5.67. The van der Waals surface area contributed by atoms with Gasteiger partial charge in [-0.3, -0.25) is 0 Å². The number of nitrogen functional groups attached to an aromatic ring is 1. The molecule has 0 saturated heterocycles. The zero-order valence-electron chi connectivity index (χ0n) is 10.8. The van der Waals surface area contributed by atoms with Crippen molar-refractivity contribution in [1.82, 2.24) is 4.98 Å². The van der Waals surface area contributed by atoms with E-state index in [2.05, 4.69) is 4.98 Å². The number of nitriles is 2. The Labute approximate surface area is 131 Å². The lowest BCUT2D eigenvalue weighted by Crippen LogP contribution is -2.04. The molecule has 0 fully saturated rings. The molecule has 0 spiro atoms. The van der Waals surface area contributed by atoms with Crippen molar-refractivity contribution in [1.29, 1.82) is 10.5 Å². The van der Waals surface area contributed by atoms with Crippen LogP contribution in [0.5, 0.6) is 5.88 Å². The maximum Gasteiger partial charge on any atom is 0.234 e. The lowest BCUT2D eigenvalue weighted by Gasteiger charge is -2.14. The number of anilines is 1. The van der Waals surface area contributed by atoms with Gasteiger partial charge in [-0.25, -0.2) is 0 Å². The standard InChI is InChI=1S/C14H8Cl2N4O/c1-21-14-8(6-18)11(7(5-17)13(19)20-14)12-9(15)3-2-4-10(12)16/h2-4H,1H3,(H2,19,20).